The van der Waals surface area contributed by atoms with Crippen molar-refractivity contribution in [2.75, 3.05) is 6.61 Å². The van der Waals surface area contributed by atoms with Gasteiger partial charge in [-0.25, -0.2) is 19.1 Å². The molecule has 2 heterocycles. The number of aryl methyl sites for hydroxylation is 1. The highest BCUT2D eigenvalue weighted by Crippen LogP contribution is 2.23. The van der Waals surface area contributed by atoms with Crippen molar-refractivity contribution in [1.29, 1.82) is 0 Å². The molecule has 0 bridgehead atoms. The van der Waals surface area contributed by atoms with Gasteiger partial charge in [-0.05, 0) is 55.0 Å². The van der Waals surface area contributed by atoms with Gasteiger partial charge in [-0.1, -0.05) is 23.7 Å². The van der Waals surface area contributed by atoms with E-state index < -0.39 is 24.1 Å². The predicted octanol–water partition coefficient (Wildman–Crippen LogP) is 2.12. The molecule has 3 N–H and O–H groups in total. The van der Waals surface area contributed by atoms with Crippen molar-refractivity contribution < 1.29 is 14.9 Å². The summed E-state index contributed by atoms with van der Waals surface area (Å²) < 4.78 is 7.92. The van der Waals surface area contributed by atoms with E-state index in [-0.39, 0.29) is 18.7 Å². The van der Waals surface area contributed by atoms with Crippen LogP contribution in [0.2, 0.25) is 5.02 Å². The molecule has 0 spiro atoms. The molecule has 2 aromatic heterocycles. The number of aromatic amines is 1. The summed E-state index contributed by atoms with van der Waals surface area (Å²) in [6.07, 6.45) is 0.388. The molecule has 186 valence electrons. The molecule has 2 aromatic carbocycles. The number of nitrogens with one attached hydrogen (secondary N) is 1. The predicted molar refractivity (Wildman–Crippen MR) is 134 cm³/mol. The Morgan fingerprint density at radius 3 is 2.44 bits per heavy atom. The van der Waals surface area contributed by atoms with E-state index >= 15 is 0 Å². The third kappa shape index (κ3) is 6.16. The molecule has 0 unspecified atom stereocenters. The van der Waals surface area contributed by atoms with Crippen molar-refractivity contribution in [2.24, 2.45) is 4.99 Å². The van der Waals surface area contributed by atoms with Crippen LogP contribution in [0.15, 0.2) is 81.4 Å². The molecule has 0 aliphatic carbocycles. The van der Waals surface area contributed by atoms with Crippen LogP contribution < -0.4 is 21.7 Å². The summed E-state index contributed by atoms with van der Waals surface area (Å²) in [6, 6.07) is 17.3. The minimum atomic E-state index is -1.27. The first-order chi connectivity index (χ1) is 17.3. The highest BCUT2D eigenvalue weighted by Gasteiger charge is 2.13. The van der Waals surface area contributed by atoms with E-state index in [1.807, 2.05) is 13.0 Å². The number of pyridine rings is 1. The topological polar surface area (TPSA) is 135 Å². The maximum Gasteiger partial charge on any atom is 0.335 e. The van der Waals surface area contributed by atoms with Crippen LogP contribution in [0.1, 0.15) is 11.3 Å². The zero-order chi connectivity index (χ0) is 25.7. The van der Waals surface area contributed by atoms with Crippen LogP contribution in [0.25, 0.3) is 0 Å². The van der Waals surface area contributed by atoms with Gasteiger partial charge in [0.15, 0.2) is 0 Å². The second-order valence-electron chi connectivity index (χ2n) is 8.04. The molecule has 36 heavy (non-hydrogen) atoms. The number of aliphatic hydroxyl groups excluding tert-OH is 2. The number of benzene rings is 2. The van der Waals surface area contributed by atoms with Gasteiger partial charge in [0.05, 0.1) is 31.5 Å². The van der Waals surface area contributed by atoms with Crippen molar-refractivity contribution in [2.45, 2.75) is 26.1 Å². The first-order valence-electron chi connectivity index (χ1n) is 11.0. The molecule has 0 fully saturated rings. The molecule has 0 aliphatic heterocycles. The summed E-state index contributed by atoms with van der Waals surface area (Å²) in [4.78, 5) is 37.1. The lowest BCUT2D eigenvalue weighted by Gasteiger charge is -2.13. The number of hydrogen-bond donors (Lipinski definition) is 3. The molecule has 10 nitrogen and oxygen atoms in total. The number of H-pyrrole nitrogens is 1. The molecular formula is C25H24ClN5O5. The van der Waals surface area contributed by atoms with E-state index in [9.17, 15) is 14.7 Å². The number of hydrogen-bond acceptors (Lipinski definition) is 7. The van der Waals surface area contributed by atoms with Crippen LogP contribution in [0.4, 0.5) is 5.69 Å². The first-order valence-corrected chi connectivity index (χ1v) is 11.4. The van der Waals surface area contributed by atoms with Gasteiger partial charge < -0.3 is 14.9 Å². The lowest BCUT2D eigenvalue weighted by Crippen LogP contribution is -2.51. The smallest absolute Gasteiger partial charge is 0.335 e. The number of rotatable bonds is 8. The summed E-state index contributed by atoms with van der Waals surface area (Å²) in [5.41, 5.74) is 0.624. The SMILES string of the molecule is Cc1cc(Oc2ccc(/N=c3\[nH]c(=O)n(C[C@H](O)CO)c(=O)n3Cc3ccc(Cl)cc3)cc2)ccn1. The Kier molecular flexibility index (Phi) is 7.79. The lowest BCUT2D eigenvalue weighted by atomic mass is 10.2. The van der Waals surface area contributed by atoms with Crippen LogP contribution in [-0.4, -0.2) is 42.0 Å². The van der Waals surface area contributed by atoms with E-state index in [1.54, 1.807) is 60.8 Å². The van der Waals surface area contributed by atoms with Crippen LogP contribution in [0.5, 0.6) is 11.5 Å². The van der Waals surface area contributed by atoms with Crippen molar-refractivity contribution in [3.63, 3.8) is 0 Å². The number of halogens is 1. The highest BCUT2D eigenvalue weighted by atomic mass is 35.5. The third-order valence-corrected chi connectivity index (χ3v) is 5.47. The van der Waals surface area contributed by atoms with Gasteiger partial charge in [0.25, 0.3) is 0 Å². The Morgan fingerprint density at radius 2 is 1.78 bits per heavy atom. The van der Waals surface area contributed by atoms with Gasteiger partial charge in [0.1, 0.15) is 11.5 Å². The van der Waals surface area contributed by atoms with Crippen molar-refractivity contribution in [1.82, 2.24) is 19.1 Å². The van der Waals surface area contributed by atoms with Crippen LogP contribution >= 0.6 is 11.6 Å². The Labute approximate surface area is 210 Å². The Hall–Kier alpha value is -3.99. The van der Waals surface area contributed by atoms with Gasteiger partial charge in [0.2, 0.25) is 5.62 Å². The van der Waals surface area contributed by atoms with Crippen molar-refractivity contribution >= 4 is 17.3 Å². The van der Waals surface area contributed by atoms with Crippen LogP contribution in [-0.2, 0) is 13.1 Å². The first kappa shape index (κ1) is 25.1. The number of ether oxygens (including phenoxy) is 1. The van der Waals surface area contributed by atoms with Gasteiger partial charge in [-0.15, -0.1) is 0 Å². The maximum absolute atomic E-state index is 13.2. The molecule has 0 saturated heterocycles. The molecule has 4 aromatic rings. The molecule has 1 atom stereocenters. The zero-order valence-corrected chi connectivity index (χ0v) is 20.1. The maximum atomic E-state index is 13.2. The summed E-state index contributed by atoms with van der Waals surface area (Å²) in [6.45, 7) is 0.991. The van der Waals surface area contributed by atoms with Gasteiger partial charge in [-0.3, -0.25) is 14.5 Å². The van der Waals surface area contributed by atoms with E-state index in [4.69, 9.17) is 21.4 Å². The van der Waals surface area contributed by atoms with Gasteiger partial charge in [-0.2, -0.15) is 0 Å². The molecule has 0 aliphatic rings. The van der Waals surface area contributed by atoms with Gasteiger partial charge in [0, 0.05) is 23.0 Å². The number of aliphatic hydroxyl groups is 2. The fourth-order valence-corrected chi connectivity index (χ4v) is 3.54. The fraction of sp³-hybridized carbons (Fsp3) is 0.200. The zero-order valence-electron chi connectivity index (χ0n) is 19.3. The summed E-state index contributed by atoms with van der Waals surface area (Å²) >= 11 is 5.97. The summed E-state index contributed by atoms with van der Waals surface area (Å²) in [5.74, 6) is 1.22. The van der Waals surface area contributed by atoms with E-state index in [0.29, 0.717) is 22.2 Å². The second-order valence-corrected chi connectivity index (χ2v) is 8.47. The van der Waals surface area contributed by atoms with E-state index in [0.717, 1.165) is 15.8 Å². The van der Waals surface area contributed by atoms with Crippen molar-refractivity contribution in [3.8, 4) is 11.5 Å². The minimum Gasteiger partial charge on any atom is -0.457 e. The third-order valence-electron chi connectivity index (χ3n) is 5.21. The van der Waals surface area contributed by atoms with Crippen LogP contribution in [0, 0.1) is 6.92 Å². The second kappa shape index (κ2) is 11.2. The Balaban J connectivity index is 1.73. The quantitative estimate of drug-likeness (QED) is 0.333. The molecule has 0 saturated carbocycles. The summed E-state index contributed by atoms with van der Waals surface area (Å²) in [5, 5.41) is 19.5. The van der Waals surface area contributed by atoms with E-state index in [1.165, 1.54) is 4.57 Å². The lowest BCUT2D eigenvalue weighted by molar-refractivity contribution is 0.0783. The molecule has 4 rings (SSSR count). The number of aromatic nitrogens is 4. The van der Waals surface area contributed by atoms with Crippen molar-refractivity contribution in [3.05, 3.63) is 110 Å². The Bertz CT molecular complexity index is 1520. The number of nitrogens with zero attached hydrogens (tertiary/aromatic N) is 4. The largest absolute Gasteiger partial charge is 0.457 e. The normalized spacial score (nSPS) is 12.5. The average molecular weight is 510 g/mol. The average Bonchev–Trinajstić information content (AvgIpc) is 2.86. The molecular weight excluding hydrogens is 486 g/mol. The Morgan fingerprint density at radius 1 is 1.06 bits per heavy atom. The van der Waals surface area contributed by atoms with E-state index in [2.05, 4.69) is 15.0 Å². The summed E-state index contributed by atoms with van der Waals surface area (Å²) in [7, 11) is 0. The molecule has 11 heteroatoms. The monoisotopic (exact) mass is 509 g/mol. The van der Waals surface area contributed by atoms with Gasteiger partial charge >= 0.3 is 11.4 Å². The standard InChI is InChI=1S/C25H24ClN5O5/c1-16-12-22(10-11-27-16)36-21-8-6-19(7-9-21)28-23-29-24(34)31(14-20(33)15-32)25(35)30(23)13-17-2-4-18(26)5-3-17/h2-12,20,32-33H,13-15H2,1H3,(H,28,29,34)/t20-/m0/s1. The molecule has 0 amide bonds. The fourth-order valence-electron chi connectivity index (χ4n) is 3.42. The molecule has 0 radical (unpaired) electrons. The highest BCUT2D eigenvalue weighted by molar-refractivity contribution is 6.30. The van der Waals surface area contributed by atoms with Crippen LogP contribution in [0.3, 0.4) is 0 Å². The minimum absolute atomic E-state index is 0.0214.